The molecule has 2 atom stereocenters. The number of carbonyl (C=O) groups excluding carboxylic acids is 1. The third-order valence-electron chi connectivity index (χ3n) is 8.44. The molecule has 2 aromatic heterocycles. The smallest absolute Gasteiger partial charge is 0.387 e. The van der Waals surface area contributed by atoms with Gasteiger partial charge in [0.15, 0.2) is 5.82 Å². The Hall–Kier alpha value is -4.08. The van der Waals surface area contributed by atoms with Crippen molar-refractivity contribution in [3.05, 3.63) is 65.8 Å². The molecule has 4 aromatic rings. The summed E-state index contributed by atoms with van der Waals surface area (Å²) in [6, 6.07) is 6.27. The van der Waals surface area contributed by atoms with Crippen LogP contribution in [0.2, 0.25) is 0 Å². The number of hydrogen-bond acceptors (Lipinski definition) is 8. The molecule has 3 aliphatic heterocycles. The monoisotopic (exact) mass is 628 g/mol. The van der Waals surface area contributed by atoms with Gasteiger partial charge in [0.25, 0.3) is 0 Å². The largest absolute Gasteiger partial charge is 0.434 e. The second-order valence-electron chi connectivity index (χ2n) is 11.8. The Morgan fingerprint density at radius 2 is 1.84 bits per heavy atom. The Bertz CT molecular complexity index is 1940. The van der Waals surface area contributed by atoms with Gasteiger partial charge in [0.05, 0.1) is 41.0 Å². The fourth-order valence-electron chi connectivity index (χ4n) is 6.37. The number of amides is 1. The zero-order chi connectivity index (χ0) is 31.3. The number of alkyl halides is 2. The van der Waals surface area contributed by atoms with Crippen molar-refractivity contribution in [2.75, 3.05) is 24.2 Å². The minimum atomic E-state index is -3.48. The van der Waals surface area contributed by atoms with E-state index in [0.29, 0.717) is 40.1 Å². The Morgan fingerprint density at radius 1 is 1.14 bits per heavy atom. The number of ether oxygens (including phenoxy) is 1. The summed E-state index contributed by atoms with van der Waals surface area (Å²) < 4.78 is 74.4. The van der Waals surface area contributed by atoms with E-state index in [2.05, 4.69) is 9.97 Å². The lowest BCUT2D eigenvalue weighted by molar-refractivity contribution is -0.126. The van der Waals surface area contributed by atoms with Crippen molar-refractivity contribution in [1.82, 2.24) is 23.8 Å². The summed E-state index contributed by atoms with van der Waals surface area (Å²) in [5.74, 6) is -1.08. The summed E-state index contributed by atoms with van der Waals surface area (Å²) in [5, 5.41) is 10.2. The molecule has 1 fully saturated rings. The summed E-state index contributed by atoms with van der Waals surface area (Å²) in [5.41, 5.74) is 0.789. The molecule has 44 heavy (non-hydrogen) atoms. The predicted octanol–water partition coefficient (Wildman–Crippen LogP) is 3.73. The Balaban J connectivity index is 1.36. The van der Waals surface area contributed by atoms with E-state index in [0.717, 1.165) is 6.26 Å². The molecular formula is C29H27F3N6O5S. The summed E-state index contributed by atoms with van der Waals surface area (Å²) >= 11 is 0. The highest BCUT2D eigenvalue weighted by Crippen LogP contribution is 2.55. The summed E-state index contributed by atoms with van der Waals surface area (Å²) in [7, 11) is -3.48. The van der Waals surface area contributed by atoms with E-state index in [-0.39, 0.29) is 36.1 Å². The summed E-state index contributed by atoms with van der Waals surface area (Å²) in [6.07, 6.45) is 4.20. The normalized spacial score (nSPS) is 20.1. The molecule has 7 rings (SSSR count). The van der Waals surface area contributed by atoms with E-state index in [9.17, 15) is 27.1 Å². The number of aliphatic hydroxyl groups is 1. The maximum Gasteiger partial charge on any atom is 0.387 e. The molecule has 3 aliphatic rings. The molecule has 230 valence electrons. The first-order valence-electron chi connectivity index (χ1n) is 13.8. The number of halogens is 3. The first-order valence-corrected chi connectivity index (χ1v) is 15.7. The highest BCUT2D eigenvalue weighted by Gasteiger charge is 2.51. The molecule has 0 radical (unpaired) electrons. The van der Waals surface area contributed by atoms with Crippen LogP contribution in [0.3, 0.4) is 0 Å². The van der Waals surface area contributed by atoms with Crippen LogP contribution in [0.4, 0.5) is 18.9 Å². The topological polar surface area (TPSA) is 131 Å². The Kier molecular flexibility index (Phi) is 6.33. The van der Waals surface area contributed by atoms with E-state index in [1.54, 1.807) is 12.1 Å². The van der Waals surface area contributed by atoms with Gasteiger partial charge in [0, 0.05) is 54.7 Å². The van der Waals surface area contributed by atoms with E-state index in [1.165, 1.54) is 53.6 Å². The van der Waals surface area contributed by atoms with Crippen LogP contribution in [0, 0.1) is 11.7 Å². The molecule has 1 N–H and O–H groups in total. The van der Waals surface area contributed by atoms with Gasteiger partial charge in [-0.15, -0.1) is 0 Å². The summed E-state index contributed by atoms with van der Waals surface area (Å²) in [6.45, 7) is -0.0378. The van der Waals surface area contributed by atoms with E-state index in [1.807, 2.05) is 4.57 Å². The number of imidazole rings is 1. The number of rotatable bonds is 6. The molecule has 0 spiro atoms. The minimum absolute atomic E-state index is 0.00614. The van der Waals surface area contributed by atoms with Crippen molar-refractivity contribution in [2.45, 2.75) is 44.6 Å². The Labute approximate surface area is 250 Å². The van der Waals surface area contributed by atoms with E-state index in [4.69, 9.17) is 9.72 Å². The molecule has 11 nitrogen and oxygen atoms in total. The van der Waals surface area contributed by atoms with Crippen molar-refractivity contribution in [3.63, 3.8) is 0 Å². The Morgan fingerprint density at radius 3 is 2.48 bits per heavy atom. The molecule has 0 saturated carbocycles. The molecule has 2 aromatic carbocycles. The minimum Gasteiger partial charge on any atom is -0.434 e. The molecule has 2 bridgehead atoms. The first-order chi connectivity index (χ1) is 20.7. The lowest BCUT2D eigenvalue weighted by atomic mass is 9.90. The fraction of sp³-hybridized carbons (Fsp3) is 0.379. The maximum atomic E-state index is 15.5. The number of anilines is 1. The van der Waals surface area contributed by atoms with Crippen molar-refractivity contribution in [3.8, 4) is 16.9 Å². The zero-order valence-electron chi connectivity index (χ0n) is 23.8. The SMILES string of the molecule is CC(C)(O)c1ncc(-c2cc3c(cc2F)nc2n3[C@@H]3C[C@H]2N(C(=O)C2CN(S(C)(=O)=O)C2)c2cccc(OC(F)F)c23)cn1. The zero-order valence-corrected chi connectivity index (χ0v) is 24.6. The quantitative estimate of drug-likeness (QED) is 0.342. The highest BCUT2D eigenvalue weighted by atomic mass is 32.2. The van der Waals surface area contributed by atoms with Crippen LogP contribution >= 0.6 is 0 Å². The highest BCUT2D eigenvalue weighted by molar-refractivity contribution is 7.88. The molecule has 0 unspecified atom stereocenters. The number of nitrogens with zero attached hydrogens (tertiary/aromatic N) is 6. The number of benzene rings is 2. The van der Waals surface area contributed by atoms with Gasteiger partial charge in [-0.25, -0.2) is 32.1 Å². The predicted molar refractivity (Wildman–Crippen MR) is 152 cm³/mol. The van der Waals surface area contributed by atoms with Gasteiger partial charge in [-0.3, -0.25) is 4.79 Å². The van der Waals surface area contributed by atoms with Crippen LogP contribution in [-0.4, -0.2) is 69.2 Å². The summed E-state index contributed by atoms with van der Waals surface area (Å²) in [4.78, 5) is 28.5. The lowest BCUT2D eigenvalue weighted by Gasteiger charge is -2.42. The molecule has 5 heterocycles. The van der Waals surface area contributed by atoms with Gasteiger partial charge in [-0.05, 0) is 32.0 Å². The number of fused-ring (bicyclic) bond motifs is 3. The van der Waals surface area contributed by atoms with Crippen LogP contribution in [0.1, 0.15) is 49.6 Å². The number of sulfonamides is 1. The van der Waals surface area contributed by atoms with Crippen LogP contribution in [0.5, 0.6) is 5.75 Å². The second kappa shape index (κ2) is 9.71. The second-order valence-corrected chi connectivity index (χ2v) is 13.8. The molecule has 15 heteroatoms. The number of aromatic nitrogens is 4. The molecular weight excluding hydrogens is 601 g/mol. The van der Waals surface area contributed by atoms with Gasteiger partial charge in [0.1, 0.15) is 23.0 Å². The van der Waals surface area contributed by atoms with E-state index < -0.39 is 46.1 Å². The van der Waals surface area contributed by atoms with Gasteiger partial charge < -0.3 is 19.3 Å². The number of carbonyl (C=O) groups is 1. The molecule has 1 amide bonds. The van der Waals surface area contributed by atoms with Crippen molar-refractivity contribution >= 4 is 32.7 Å². The van der Waals surface area contributed by atoms with Gasteiger partial charge in [-0.1, -0.05) is 6.07 Å². The van der Waals surface area contributed by atoms with Gasteiger partial charge >= 0.3 is 6.61 Å². The van der Waals surface area contributed by atoms with Crippen LogP contribution in [-0.2, 0) is 20.4 Å². The molecule has 0 aliphatic carbocycles. The third-order valence-corrected chi connectivity index (χ3v) is 9.68. The fourth-order valence-corrected chi connectivity index (χ4v) is 7.27. The van der Waals surface area contributed by atoms with Crippen molar-refractivity contribution < 1.29 is 36.2 Å². The molecule has 1 saturated heterocycles. The first kappa shape index (κ1) is 28.7. The van der Waals surface area contributed by atoms with E-state index >= 15 is 4.39 Å². The van der Waals surface area contributed by atoms with Gasteiger partial charge in [0.2, 0.25) is 15.9 Å². The van der Waals surface area contributed by atoms with Crippen molar-refractivity contribution in [2.24, 2.45) is 5.92 Å². The van der Waals surface area contributed by atoms with Crippen LogP contribution in [0.25, 0.3) is 22.2 Å². The van der Waals surface area contributed by atoms with Crippen LogP contribution in [0.15, 0.2) is 42.7 Å². The standard InChI is InChI=1S/C29H27F3N6O5S/c1-29(2,40)27-33-10-14(11-34-27)16-7-20-18(8-17(16)30)35-25-22-9-21(37(20)25)24-19(5-4-6-23(24)43-28(31)32)38(22)26(39)15-12-36(13-15)44(3,41)42/h4-8,10-11,15,21-22,28,40H,9,12-13H2,1-3H3/t21-,22-/m1/s1. The average molecular weight is 629 g/mol. The van der Waals surface area contributed by atoms with Crippen molar-refractivity contribution in [1.29, 1.82) is 0 Å². The maximum absolute atomic E-state index is 15.5. The average Bonchev–Trinajstić information content (AvgIpc) is 3.41. The number of hydrogen-bond donors (Lipinski definition) is 1. The van der Waals surface area contributed by atoms with Gasteiger partial charge in [-0.2, -0.15) is 8.78 Å². The van der Waals surface area contributed by atoms with Crippen LogP contribution < -0.4 is 9.64 Å². The lowest BCUT2D eigenvalue weighted by Crippen LogP contribution is -2.57. The third kappa shape index (κ3) is 4.44.